The molecule has 6 saturated carbocycles. The summed E-state index contributed by atoms with van der Waals surface area (Å²) in [5, 5.41) is 14.3. The molecule has 13 nitrogen and oxygen atoms in total. The topological polar surface area (TPSA) is 204 Å². The van der Waals surface area contributed by atoms with E-state index in [1.165, 1.54) is 55.2 Å². The SMILES string of the molecule is CC/C=C\CC1C(=O)CCC1CC(=O)NC(CC(C)C)C(C)=O.CC/C=C\CC1C(=O)CCC1CCc1cccc2cccnc12.CCC(Br)C(Br)CC1C(=O)CCC1CCO.CCC1C(CC2C(=O)CCC2CC(=O)OC)C1(Cl)Cl.CCCCCC1C(=O)CCC1CCc1cccc2cccnc12. The van der Waals surface area contributed by atoms with Gasteiger partial charge >= 0.3 is 5.97 Å². The van der Waals surface area contributed by atoms with Gasteiger partial charge in [-0.3, -0.25) is 48.3 Å². The second-order valence-corrected chi connectivity index (χ2v) is 34.5. The molecular weight excluding hydrogens is 1480 g/mol. The number of allylic oxidation sites excluding steroid dienone is 4. The molecule has 17 heteroatoms. The fraction of sp³-hybridized carbons (Fsp3) is 0.655. The van der Waals surface area contributed by atoms with Gasteiger partial charge in [0.1, 0.15) is 33.2 Å². The Morgan fingerprint density at radius 2 is 1.07 bits per heavy atom. The molecule has 2 heterocycles. The Kier molecular flexibility index (Phi) is 38.9. The van der Waals surface area contributed by atoms with Gasteiger partial charge in [-0.05, 0) is 200 Å². The number of carbonyl (C=O) groups is 8. The van der Waals surface area contributed by atoms with Crippen LogP contribution in [0.25, 0.3) is 21.8 Å². The van der Waals surface area contributed by atoms with Crippen LogP contribution < -0.4 is 5.32 Å². The summed E-state index contributed by atoms with van der Waals surface area (Å²) < 4.78 is 4.02. The number of hydrogen-bond donors (Lipinski definition) is 2. The Morgan fingerprint density at radius 3 is 1.54 bits per heavy atom. The second kappa shape index (κ2) is 45.9. The number of ketones is 6. The van der Waals surface area contributed by atoms with Crippen LogP contribution in [0.5, 0.6) is 0 Å². The maximum atomic E-state index is 12.3. The lowest BCUT2D eigenvalue weighted by molar-refractivity contribution is -0.142. The molecule has 574 valence electrons. The minimum atomic E-state index is -0.673. The number of methoxy groups -OCH3 is 1. The van der Waals surface area contributed by atoms with Crippen LogP contribution in [0.4, 0.5) is 0 Å². The van der Waals surface area contributed by atoms with Crippen molar-refractivity contribution in [1.29, 1.82) is 0 Å². The number of carbonyl (C=O) groups excluding carboxylic acids is 8. The van der Waals surface area contributed by atoms with Crippen LogP contribution in [-0.4, -0.2) is 95.4 Å². The van der Waals surface area contributed by atoms with E-state index in [2.05, 4.69) is 155 Å². The Hall–Kier alpha value is -4.80. The molecule has 6 aliphatic rings. The van der Waals surface area contributed by atoms with E-state index in [0.717, 1.165) is 139 Å². The summed E-state index contributed by atoms with van der Waals surface area (Å²) in [6, 6.07) is 20.7. The molecule has 6 fully saturated rings. The summed E-state index contributed by atoms with van der Waals surface area (Å²) >= 11 is 19.8. The van der Waals surface area contributed by atoms with Gasteiger partial charge in [-0.2, -0.15) is 0 Å². The lowest BCUT2D eigenvalue weighted by Gasteiger charge is -2.22. The number of unbranched alkanes of at least 4 members (excludes halogenated alkanes) is 2. The van der Waals surface area contributed by atoms with Gasteiger partial charge in [0.25, 0.3) is 0 Å². The third-order valence-corrected chi connectivity index (χ3v) is 27.3. The monoisotopic (exact) mass is 1600 g/mol. The highest BCUT2D eigenvalue weighted by atomic mass is 79.9. The van der Waals surface area contributed by atoms with Gasteiger partial charge < -0.3 is 15.2 Å². The first-order chi connectivity index (χ1) is 49.9. The molecule has 0 radical (unpaired) electrons. The number of benzene rings is 2. The molecule has 4 aromatic rings. The highest BCUT2D eigenvalue weighted by Gasteiger charge is 2.63. The van der Waals surface area contributed by atoms with E-state index in [4.69, 9.17) is 33.0 Å². The number of nitrogens with one attached hydrogen (secondary N) is 1. The number of aliphatic hydroxyl groups excluding tert-OH is 1. The van der Waals surface area contributed by atoms with E-state index >= 15 is 0 Å². The molecule has 0 saturated heterocycles. The van der Waals surface area contributed by atoms with E-state index in [9.17, 15) is 38.4 Å². The number of alkyl halides is 4. The number of Topliss-reactive ketones (excluding diaryl/α,β-unsaturated/α-hetero) is 6. The van der Waals surface area contributed by atoms with Crippen molar-refractivity contribution in [2.75, 3.05) is 13.7 Å². The number of amides is 1. The maximum Gasteiger partial charge on any atom is 0.305 e. The predicted octanol–water partition coefficient (Wildman–Crippen LogP) is 20.6. The van der Waals surface area contributed by atoms with Gasteiger partial charge in [-0.15, -0.1) is 23.2 Å². The number of esters is 1. The average molecular weight is 1600 g/mol. The average Bonchev–Trinajstić information content (AvgIpc) is 1.58. The van der Waals surface area contributed by atoms with E-state index in [-0.39, 0.29) is 83.2 Å². The van der Waals surface area contributed by atoms with E-state index in [1.54, 1.807) is 0 Å². The Balaban J connectivity index is 0.000000205. The van der Waals surface area contributed by atoms with Gasteiger partial charge in [0.15, 0.2) is 5.78 Å². The van der Waals surface area contributed by atoms with Crippen LogP contribution in [0.1, 0.15) is 246 Å². The van der Waals surface area contributed by atoms with Crippen molar-refractivity contribution in [3.05, 3.63) is 108 Å². The summed E-state index contributed by atoms with van der Waals surface area (Å²) in [4.78, 5) is 105. The van der Waals surface area contributed by atoms with Gasteiger partial charge in [-0.1, -0.05) is 179 Å². The molecule has 15 unspecified atom stereocenters. The minimum Gasteiger partial charge on any atom is -0.469 e. The molecule has 0 spiro atoms. The fourth-order valence-corrected chi connectivity index (χ4v) is 18.9. The lowest BCUT2D eigenvalue weighted by atomic mass is 9.86. The zero-order valence-electron chi connectivity index (χ0n) is 63.9. The first-order valence-corrected chi connectivity index (χ1v) is 42.3. The quantitative estimate of drug-likeness (QED) is 0.0198. The number of rotatable bonds is 33. The van der Waals surface area contributed by atoms with Crippen LogP contribution in [0.2, 0.25) is 0 Å². The molecule has 0 bridgehead atoms. The van der Waals surface area contributed by atoms with Crippen molar-refractivity contribution in [3.8, 4) is 0 Å². The van der Waals surface area contributed by atoms with Gasteiger partial charge in [0, 0.05) is 114 Å². The van der Waals surface area contributed by atoms with Gasteiger partial charge in [-0.25, -0.2) is 0 Å². The molecule has 1 amide bonds. The highest BCUT2D eigenvalue weighted by Crippen LogP contribution is 2.64. The standard InChI is InChI=1S/C21H27NO.C21H25NO.C19H31NO3.C14H20Cl2O3.C12H20Br2O2/c2*1-2-3-4-10-19-16(13-14-20(19)23)11-12-18-8-5-7-17-9-6-15-22-21(17)18;1-5-6-7-8-16-15(9-10-18(16)22)12-19(23)20-17(14(4)21)11-13(2)3;1-3-10-11(14(10,15)16)7-9-8(4-5-12(9)17)6-13(18)19-2;1-2-10(13)11(14)7-9-8(5-6-15)3-4-12(9)16/h5-9,15-16,19H,2-4,10-14H2,1H3;3-9,15-16,19H,2,10-14H2,1H3;6-7,13,15-17H,5,8-12H2,1-4H3,(H,20,23);8-11H,3-7H2,1-2H3;8-11,15H,2-7H2,1H3/b;4-3-;7-6-;;. The number of fused-ring (bicyclic) bond motifs is 2. The minimum absolute atomic E-state index is 0.00280. The number of halogens is 4. The van der Waals surface area contributed by atoms with Crippen molar-refractivity contribution in [1.82, 2.24) is 15.3 Å². The fourth-order valence-electron chi connectivity index (χ4n) is 17.0. The smallest absolute Gasteiger partial charge is 0.305 e. The highest BCUT2D eigenvalue weighted by molar-refractivity contribution is 9.12. The summed E-state index contributed by atoms with van der Waals surface area (Å²) in [7, 11) is 1.38. The number of nitrogens with zero attached hydrogens (tertiary/aromatic N) is 2. The number of aryl methyl sites for hydroxylation is 2. The molecule has 2 N–H and O–H groups in total. The summed E-state index contributed by atoms with van der Waals surface area (Å²) in [5.41, 5.74) is 4.88. The van der Waals surface area contributed by atoms with Gasteiger partial charge in [0.05, 0.1) is 24.2 Å². The number of aromatic nitrogens is 2. The van der Waals surface area contributed by atoms with Gasteiger partial charge in [0.2, 0.25) is 5.91 Å². The molecular formula is C87H123Br2Cl2N3O10. The van der Waals surface area contributed by atoms with E-state index < -0.39 is 10.4 Å². The molecule has 2 aromatic heterocycles. The van der Waals surface area contributed by atoms with Crippen LogP contribution in [0.3, 0.4) is 0 Å². The first-order valence-electron chi connectivity index (χ1n) is 39.7. The van der Waals surface area contributed by atoms with Crippen LogP contribution in [0.15, 0.2) is 97.4 Å². The third kappa shape index (κ3) is 27.1. The van der Waals surface area contributed by atoms with Crippen molar-refractivity contribution in [3.63, 3.8) is 0 Å². The van der Waals surface area contributed by atoms with E-state index in [0.29, 0.717) is 102 Å². The van der Waals surface area contributed by atoms with Crippen LogP contribution in [0, 0.1) is 76.9 Å². The zero-order chi connectivity index (χ0) is 75.9. The second-order valence-electron chi connectivity index (χ2n) is 30.7. The summed E-state index contributed by atoms with van der Waals surface area (Å²) in [6.45, 7) is 16.4. The molecule has 104 heavy (non-hydrogen) atoms. The first kappa shape index (κ1) is 88.1. The van der Waals surface area contributed by atoms with Crippen LogP contribution in [-0.2, 0) is 55.9 Å². The van der Waals surface area contributed by atoms with Crippen molar-refractivity contribution >= 4 is 123 Å². The maximum absolute atomic E-state index is 12.3. The van der Waals surface area contributed by atoms with E-state index in [1.807, 2.05) is 38.4 Å². The summed E-state index contributed by atoms with van der Waals surface area (Å²) in [6.07, 6.45) is 38.7. The Bertz CT molecular complexity index is 3440. The molecule has 6 aliphatic carbocycles. The lowest BCUT2D eigenvalue weighted by Crippen LogP contribution is -2.41. The number of hydrogen-bond acceptors (Lipinski definition) is 12. The van der Waals surface area contributed by atoms with Crippen molar-refractivity contribution in [2.45, 2.75) is 268 Å². The number of ether oxygens (including phenoxy) is 1. The third-order valence-electron chi connectivity index (χ3n) is 23.1. The largest absolute Gasteiger partial charge is 0.469 e. The molecule has 10 rings (SSSR count). The normalized spacial score (nSPS) is 25.6. The van der Waals surface area contributed by atoms with Crippen LogP contribution >= 0.6 is 55.1 Å². The Morgan fingerprint density at radius 1 is 0.596 bits per heavy atom. The molecule has 0 aliphatic heterocycles. The number of pyridine rings is 2. The summed E-state index contributed by atoms with van der Waals surface area (Å²) in [5.74, 6) is 4.69. The molecule has 2 aromatic carbocycles. The van der Waals surface area contributed by atoms with Crippen molar-refractivity contribution in [2.24, 2.45) is 76.9 Å². The zero-order valence-corrected chi connectivity index (χ0v) is 68.6. The number of para-hydroxylation sites is 2. The Labute approximate surface area is 649 Å². The van der Waals surface area contributed by atoms with Crippen molar-refractivity contribution < 1.29 is 48.2 Å². The molecule has 15 atom stereocenters. The number of aliphatic hydroxyl groups is 1. The predicted molar refractivity (Wildman–Crippen MR) is 430 cm³/mol.